The summed E-state index contributed by atoms with van der Waals surface area (Å²) in [7, 11) is 5.03. The number of carbonyl (C=O) groups is 2. The Morgan fingerprint density at radius 3 is 2.07 bits per heavy atom. The molecule has 0 spiro atoms. The fourth-order valence-electron chi connectivity index (χ4n) is 2.35. The third-order valence-corrected chi connectivity index (χ3v) is 3.76. The van der Waals surface area contributed by atoms with Crippen LogP contribution in [0.25, 0.3) is 0 Å². The van der Waals surface area contributed by atoms with E-state index in [-0.39, 0.29) is 0 Å². The Kier molecular flexibility index (Phi) is 9.91. The molecule has 0 radical (unpaired) electrons. The van der Waals surface area contributed by atoms with Crippen molar-refractivity contribution in [3.05, 3.63) is 53.6 Å². The zero-order valence-electron chi connectivity index (χ0n) is 16.1. The van der Waals surface area contributed by atoms with Crippen LogP contribution in [0.3, 0.4) is 0 Å². The normalized spacial score (nSPS) is 9.68. The molecule has 28 heavy (non-hydrogen) atoms. The second-order valence-electron chi connectivity index (χ2n) is 5.53. The summed E-state index contributed by atoms with van der Waals surface area (Å²) in [4.78, 5) is 18.2. The number of para-hydroxylation sites is 1. The maximum absolute atomic E-state index is 9.10. The van der Waals surface area contributed by atoms with Gasteiger partial charge in [0.25, 0.3) is 0 Å². The van der Waals surface area contributed by atoms with E-state index >= 15 is 0 Å². The number of aliphatic carboxylic acids is 2. The van der Waals surface area contributed by atoms with Gasteiger partial charge in [0.2, 0.25) is 0 Å². The third kappa shape index (κ3) is 7.55. The Balaban J connectivity index is 0.000000568. The Morgan fingerprint density at radius 1 is 0.857 bits per heavy atom. The summed E-state index contributed by atoms with van der Waals surface area (Å²) in [6.07, 6.45) is 0.919. The van der Waals surface area contributed by atoms with E-state index in [1.54, 1.807) is 21.3 Å². The van der Waals surface area contributed by atoms with Gasteiger partial charge in [-0.05, 0) is 30.7 Å². The molecule has 0 unspecified atom stereocenters. The average molecular weight is 391 g/mol. The second kappa shape index (κ2) is 12.2. The summed E-state index contributed by atoms with van der Waals surface area (Å²) >= 11 is 0. The van der Waals surface area contributed by atoms with Gasteiger partial charge in [-0.3, -0.25) is 0 Å². The molecule has 0 bridgehead atoms. The fourth-order valence-corrected chi connectivity index (χ4v) is 2.35. The zero-order chi connectivity index (χ0) is 20.9. The molecule has 0 aliphatic carbocycles. The van der Waals surface area contributed by atoms with Gasteiger partial charge in [-0.2, -0.15) is 0 Å². The smallest absolute Gasteiger partial charge is 0.414 e. The molecule has 0 heterocycles. The van der Waals surface area contributed by atoms with Gasteiger partial charge in [-0.1, -0.05) is 24.3 Å². The minimum Gasteiger partial charge on any atom is -0.497 e. The van der Waals surface area contributed by atoms with Gasteiger partial charge in [-0.25, -0.2) is 9.59 Å². The predicted molar refractivity (Wildman–Crippen MR) is 103 cm³/mol. The molecule has 0 amide bonds. The zero-order valence-corrected chi connectivity index (χ0v) is 16.1. The number of methoxy groups -OCH3 is 3. The average Bonchev–Trinajstić information content (AvgIpc) is 2.71. The maximum Gasteiger partial charge on any atom is 0.414 e. The van der Waals surface area contributed by atoms with Crippen molar-refractivity contribution in [2.24, 2.45) is 0 Å². The molecule has 0 aromatic heterocycles. The molecule has 8 nitrogen and oxygen atoms in total. The summed E-state index contributed by atoms with van der Waals surface area (Å²) in [6, 6.07) is 14.0. The standard InChI is InChI=1S/C18H23NO3.C2H2O4/c1-20-16-9-8-15(18(12-16)22-3)13-19-11-10-14-6-4-5-7-17(14)21-2;3-1(4)2(5)6/h4-9,12,19H,10-11,13H2,1-3H3;(H,3,4)(H,5,6). The van der Waals surface area contributed by atoms with Gasteiger partial charge in [0.15, 0.2) is 0 Å². The van der Waals surface area contributed by atoms with Crippen LogP contribution in [-0.4, -0.2) is 50.0 Å². The largest absolute Gasteiger partial charge is 0.497 e. The topological polar surface area (TPSA) is 114 Å². The Bertz CT molecular complexity index is 765. The number of carboxylic acids is 2. The first-order valence-electron chi connectivity index (χ1n) is 8.42. The number of ether oxygens (including phenoxy) is 3. The summed E-state index contributed by atoms with van der Waals surface area (Å²) in [6.45, 7) is 1.62. The number of hydrogen-bond donors (Lipinski definition) is 3. The predicted octanol–water partition coefficient (Wildman–Crippen LogP) is 2.20. The van der Waals surface area contributed by atoms with Gasteiger partial charge in [-0.15, -0.1) is 0 Å². The van der Waals surface area contributed by atoms with Gasteiger partial charge in [0, 0.05) is 18.2 Å². The van der Waals surface area contributed by atoms with E-state index in [0.29, 0.717) is 0 Å². The van der Waals surface area contributed by atoms with E-state index in [4.69, 9.17) is 34.0 Å². The molecule has 152 valence electrons. The lowest BCUT2D eigenvalue weighted by Crippen LogP contribution is -2.17. The quantitative estimate of drug-likeness (QED) is 0.463. The van der Waals surface area contributed by atoms with Crippen molar-refractivity contribution in [3.8, 4) is 17.2 Å². The van der Waals surface area contributed by atoms with Crippen LogP contribution in [0.15, 0.2) is 42.5 Å². The van der Waals surface area contributed by atoms with Crippen molar-refractivity contribution in [2.45, 2.75) is 13.0 Å². The molecule has 0 fully saturated rings. The highest BCUT2D eigenvalue weighted by Gasteiger charge is 2.06. The van der Waals surface area contributed by atoms with E-state index in [9.17, 15) is 0 Å². The Hall–Kier alpha value is -3.26. The van der Waals surface area contributed by atoms with E-state index in [2.05, 4.69) is 11.4 Å². The molecular formula is C20H25NO7. The Labute approximate surface area is 163 Å². The lowest BCUT2D eigenvalue weighted by atomic mass is 10.1. The monoisotopic (exact) mass is 391 g/mol. The van der Waals surface area contributed by atoms with Crippen LogP contribution in [0.1, 0.15) is 11.1 Å². The lowest BCUT2D eigenvalue weighted by Gasteiger charge is -2.12. The molecule has 8 heteroatoms. The molecule has 2 aromatic carbocycles. The van der Waals surface area contributed by atoms with E-state index in [1.807, 2.05) is 36.4 Å². The number of nitrogens with one attached hydrogen (secondary N) is 1. The molecule has 0 aliphatic heterocycles. The number of benzene rings is 2. The van der Waals surface area contributed by atoms with Crippen molar-refractivity contribution in [3.63, 3.8) is 0 Å². The van der Waals surface area contributed by atoms with E-state index < -0.39 is 11.9 Å². The first-order chi connectivity index (χ1) is 13.4. The Morgan fingerprint density at radius 2 is 1.50 bits per heavy atom. The summed E-state index contributed by atoms with van der Waals surface area (Å²) in [5.41, 5.74) is 2.32. The number of hydrogen-bond acceptors (Lipinski definition) is 6. The SMILES string of the molecule is COc1ccc(CNCCc2ccccc2OC)c(OC)c1.O=C(O)C(=O)O. The van der Waals surface area contributed by atoms with Crippen molar-refractivity contribution in [1.82, 2.24) is 5.32 Å². The van der Waals surface area contributed by atoms with Gasteiger partial charge in [0.05, 0.1) is 21.3 Å². The second-order valence-corrected chi connectivity index (χ2v) is 5.53. The van der Waals surface area contributed by atoms with Gasteiger partial charge < -0.3 is 29.7 Å². The van der Waals surface area contributed by atoms with Crippen molar-refractivity contribution in [2.75, 3.05) is 27.9 Å². The van der Waals surface area contributed by atoms with Crippen LogP contribution >= 0.6 is 0 Å². The summed E-state index contributed by atoms with van der Waals surface area (Å²) in [5.74, 6) is -1.07. The fraction of sp³-hybridized carbons (Fsp3) is 0.300. The first kappa shape index (κ1) is 22.8. The number of carboxylic acid groups (broad SMARTS) is 2. The van der Waals surface area contributed by atoms with Crippen LogP contribution < -0.4 is 19.5 Å². The van der Waals surface area contributed by atoms with Crippen LogP contribution in [0.5, 0.6) is 17.2 Å². The maximum atomic E-state index is 9.10. The van der Waals surface area contributed by atoms with Crippen LogP contribution in [0, 0.1) is 0 Å². The highest BCUT2D eigenvalue weighted by molar-refractivity contribution is 6.27. The molecule has 0 atom stereocenters. The van der Waals surface area contributed by atoms with E-state index in [1.165, 1.54) is 5.56 Å². The first-order valence-corrected chi connectivity index (χ1v) is 8.42. The molecule has 0 saturated heterocycles. The minimum atomic E-state index is -1.82. The number of rotatable bonds is 8. The van der Waals surface area contributed by atoms with Crippen LogP contribution in [0.4, 0.5) is 0 Å². The minimum absolute atomic E-state index is 0.752. The third-order valence-electron chi connectivity index (χ3n) is 3.76. The molecule has 0 aliphatic rings. The lowest BCUT2D eigenvalue weighted by molar-refractivity contribution is -0.159. The van der Waals surface area contributed by atoms with Crippen molar-refractivity contribution in [1.29, 1.82) is 0 Å². The van der Waals surface area contributed by atoms with E-state index in [0.717, 1.165) is 42.3 Å². The van der Waals surface area contributed by atoms with Crippen LogP contribution in [-0.2, 0) is 22.6 Å². The summed E-state index contributed by atoms with van der Waals surface area (Å²) < 4.78 is 16.0. The molecular weight excluding hydrogens is 366 g/mol. The molecule has 2 rings (SSSR count). The highest BCUT2D eigenvalue weighted by atomic mass is 16.5. The molecule has 3 N–H and O–H groups in total. The van der Waals surface area contributed by atoms with Crippen LogP contribution in [0.2, 0.25) is 0 Å². The molecule has 2 aromatic rings. The highest BCUT2D eigenvalue weighted by Crippen LogP contribution is 2.24. The van der Waals surface area contributed by atoms with Gasteiger partial charge >= 0.3 is 11.9 Å². The summed E-state index contributed by atoms with van der Waals surface area (Å²) in [5, 5.41) is 18.2. The van der Waals surface area contributed by atoms with Crippen molar-refractivity contribution < 1.29 is 34.0 Å². The molecule has 0 saturated carbocycles. The van der Waals surface area contributed by atoms with Crippen molar-refractivity contribution >= 4 is 11.9 Å². The van der Waals surface area contributed by atoms with Gasteiger partial charge in [0.1, 0.15) is 17.2 Å².